The van der Waals surface area contributed by atoms with E-state index in [1.807, 2.05) is 32.2 Å². The van der Waals surface area contributed by atoms with Gasteiger partial charge in [0.2, 0.25) is 11.5 Å². The molecule has 2 atom stereocenters. The molecule has 4 aromatic rings. The first-order valence-corrected chi connectivity index (χ1v) is 10.9. The van der Waals surface area contributed by atoms with Crippen molar-refractivity contribution < 1.29 is 14.4 Å². The molecule has 1 unspecified atom stereocenters. The molecule has 1 fully saturated rings. The van der Waals surface area contributed by atoms with Gasteiger partial charge in [-0.15, -0.1) is 0 Å². The molecule has 174 valence electrons. The van der Waals surface area contributed by atoms with Crippen LogP contribution in [0, 0.1) is 0 Å². The topological polar surface area (TPSA) is 135 Å². The first-order valence-electron chi connectivity index (χ1n) is 10.9. The van der Waals surface area contributed by atoms with Gasteiger partial charge in [0.15, 0.2) is 5.76 Å². The maximum absolute atomic E-state index is 12.4. The fourth-order valence-electron chi connectivity index (χ4n) is 4.04. The summed E-state index contributed by atoms with van der Waals surface area (Å²) in [4.78, 5) is 27.4. The van der Waals surface area contributed by atoms with Crippen LogP contribution in [0.2, 0.25) is 0 Å². The highest BCUT2D eigenvalue weighted by Gasteiger charge is 2.48. The number of hydrogen-bond donors (Lipinski definition) is 2. The molecule has 0 aromatic carbocycles. The second-order valence-electron chi connectivity index (χ2n) is 8.33. The van der Waals surface area contributed by atoms with Crippen molar-refractivity contribution in [2.24, 2.45) is 7.05 Å². The average molecular weight is 460 g/mol. The summed E-state index contributed by atoms with van der Waals surface area (Å²) in [6.07, 6.45) is 3.66. The van der Waals surface area contributed by atoms with Crippen LogP contribution < -0.4 is 5.32 Å². The number of pyridine rings is 1. The van der Waals surface area contributed by atoms with Gasteiger partial charge in [0.25, 0.3) is 5.91 Å². The van der Waals surface area contributed by atoms with Crippen molar-refractivity contribution in [1.29, 1.82) is 0 Å². The van der Waals surface area contributed by atoms with Crippen molar-refractivity contribution in [2.75, 3.05) is 18.9 Å². The van der Waals surface area contributed by atoms with Crippen molar-refractivity contribution in [3.8, 4) is 22.8 Å². The van der Waals surface area contributed by atoms with Gasteiger partial charge in [-0.3, -0.25) is 9.48 Å². The Morgan fingerprint density at radius 1 is 1.09 bits per heavy atom. The fraction of sp³-hybridized carbons (Fsp3) is 0.304. The Balaban J connectivity index is 1.39. The van der Waals surface area contributed by atoms with E-state index in [9.17, 15) is 9.90 Å². The van der Waals surface area contributed by atoms with Crippen LogP contribution in [0.15, 0.2) is 53.3 Å². The summed E-state index contributed by atoms with van der Waals surface area (Å²) in [5, 5.41) is 22.3. The second-order valence-corrected chi connectivity index (χ2v) is 8.33. The Hall–Kier alpha value is -4.12. The van der Waals surface area contributed by atoms with Crippen molar-refractivity contribution >= 4 is 11.9 Å². The van der Waals surface area contributed by atoms with Crippen LogP contribution in [0.25, 0.3) is 22.8 Å². The van der Waals surface area contributed by atoms with E-state index in [-0.39, 0.29) is 18.2 Å². The van der Waals surface area contributed by atoms with Crippen LogP contribution in [0.3, 0.4) is 0 Å². The van der Waals surface area contributed by atoms with Gasteiger partial charge >= 0.3 is 0 Å². The number of nitrogens with zero attached hydrogens (tertiary/aromatic N) is 7. The minimum Gasteiger partial charge on any atom is -0.373 e. The predicted octanol–water partition coefficient (Wildman–Crippen LogP) is 2.15. The summed E-state index contributed by atoms with van der Waals surface area (Å²) in [5.74, 6) is 0.174. The van der Waals surface area contributed by atoms with E-state index in [4.69, 9.17) is 4.52 Å². The Kier molecular flexibility index (Phi) is 5.33. The Morgan fingerprint density at radius 3 is 2.56 bits per heavy atom. The molecule has 5 rings (SSSR count). The summed E-state index contributed by atoms with van der Waals surface area (Å²) < 4.78 is 7.15. The molecule has 5 heterocycles. The molecule has 2 N–H and O–H groups in total. The monoisotopic (exact) mass is 460 g/mol. The first-order chi connectivity index (χ1) is 16.3. The van der Waals surface area contributed by atoms with Crippen LogP contribution in [-0.2, 0) is 17.4 Å². The number of carbonyl (C=O) groups is 1. The number of hydrogen-bond acceptors (Lipinski definition) is 9. The van der Waals surface area contributed by atoms with Gasteiger partial charge in [-0.05, 0) is 31.2 Å². The standard InChI is InChI=1S/C23H24N8O3/c1-14(19-8-11-25-31(19)3)26-22-24-10-7-17(28-22)15-5-4-6-16(27-15)18-13-20(34-29-18)23(33)9-12-30(2)21(23)32/h4-8,10-11,13-14,33H,9,12H2,1-3H3,(H,24,26,28)/t14-,23?/m1/s1. The lowest BCUT2D eigenvalue weighted by atomic mass is 9.98. The molecule has 1 aliphatic rings. The number of aryl methyl sites for hydroxylation is 1. The van der Waals surface area contributed by atoms with Gasteiger partial charge < -0.3 is 19.8 Å². The minimum absolute atomic E-state index is 0.0428. The molecule has 34 heavy (non-hydrogen) atoms. The molecule has 11 heteroatoms. The van der Waals surface area contributed by atoms with Crippen molar-refractivity contribution in [2.45, 2.75) is 25.0 Å². The van der Waals surface area contributed by atoms with Gasteiger partial charge in [0, 0.05) is 45.5 Å². The number of rotatable bonds is 6. The number of nitrogens with one attached hydrogen (secondary N) is 1. The molecule has 0 bridgehead atoms. The van der Waals surface area contributed by atoms with E-state index < -0.39 is 11.5 Å². The van der Waals surface area contributed by atoms with Crippen LogP contribution in [0.5, 0.6) is 0 Å². The molecule has 4 aromatic heterocycles. The maximum Gasteiger partial charge on any atom is 0.262 e. The first kappa shape index (κ1) is 21.7. The smallest absolute Gasteiger partial charge is 0.262 e. The number of anilines is 1. The van der Waals surface area contributed by atoms with E-state index in [0.717, 1.165) is 5.69 Å². The molecule has 1 aliphatic heterocycles. The number of aromatic nitrogens is 6. The lowest BCUT2D eigenvalue weighted by Crippen LogP contribution is -2.35. The molecule has 0 aliphatic carbocycles. The minimum atomic E-state index is -1.70. The number of amides is 1. The van der Waals surface area contributed by atoms with Gasteiger partial charge in [-0.2, -0.15) is 5.10 Å². The third-order valence-corrected chi connectivity index (χ3v) is 6.00. The molecule has 0 saturated carbocycles. The molecular weight excluding hydrogens is 436 g/mol. The molecule has 1 amide bonds. The number of likely N-dealkylation sites (tertiary alicyclic amines) is 1. The van der Waals surface area contributed by atoms with Crippen LogP contribution in [-0.4, -0.2) is 59.4 Å². The van der Waals surface area contributed by atoms with Gasteiger partial charge in [-0.1, -0.05) is 11.2 Å². The van der Waals surface area contributed by atoms with Gasteiger partial charge in [0.1, 0.15) is 5.69 Å². The van der Waals surface area contributed by atoms with E-state index in [1.165, 1.54) is 4.90 Å². The lowest BCUT2D eigenvalue weighted by molar-refractivity contribution is -0.144. The second kappa shape index (κ2) is 8.34. The average Bonchev–Trinajstić information content (AvgIpc) is 3.57. The molecule has 11 nitrogen and oxygen atoms in total. The zero-order valence-corrected chi connectivity index (χ0v) is 19.0. The molecular formula is C23H24N8O3. The highest BCUT2D eigenvalue weighted by atomic mass is 16.5. The van der Waals surface area contributed by atoms with Gasteiger partial charge in [0.05, 0.1) is 28.8 Å². The van der Waals surface area contributed by atoms with Crippen molar-refractivity contribution in [3.05, 3.63) is 60.2 Å². The SMILES string of the molecule is C[C@@H](Nc1nccc(-c2cccc(-c3cc(C4(O)CCN(C)C4=O)on3)n2)n1)c1ccnn1C. The molecule has 0 radical (unpaired) electrons. The number of aliphatic hydroxyl groups is 1. The van der Waals surface area contributed by atoms with E-state index in [2.05, 4.69) is 30.5 Å². The predicted molar refractivity (Wildman–Crippen MR) is 122 cm³/mol. The van der Waals surface area contributed by atoms with Crippen LogP contribution >= 0.6 is 0 Å². The van der Waals surface area contributed by atoms with Gasteiger partial charge in [-0.25, -0.2) is 15.0 Å². The van der Waals surface area contributed by atoms with Crippen LogP contribution in [0.4, 0.5) is 5.95 Å². The highest BCUT2D eigenvalue weighted by Crippen LogP contribution is 2.34. The zero-order chi connectivity index (χ0) is 23.9. The third kappa shape index (κ3) is 3.79. The normalized spacial score (nSPS) is 18.9. The Bertz CT molecular complexity index is 1350. The van der Waals surface area contributed by atoms with E-state index in [1.54, 1.807) is 42.3 Å². The zero-order valence-electron chi connectivity index (χ0n) is 19.0. The summed E-state index contributed by atoms with van der Waals surface area (Å²) in [6.45, 7) is 2.46. The summed E-state index contributed by atoms with van der Waals surface area (Å²) >= 11 is 0. The summed E-state index contributed by atoms with van der Waals surface area (Å²) in [7, 11) is 3.53. The summed E-state index contributed by atoms with van der Waals surface area (Å²) in [5.41, 5.74) is 1.51. The Morgan fingerprint density at radius 2 is 1.85 bits per heavy atom. The number of carbonyl (C=O) groups excluding carboxylic acids is 1. The van der Waals surface area contributed by atoms with E-state index >= 15 is 0 Å². The fourth-order valence-corrected chi connectivity index (χ4v) is 4.04. The third-order valence-electron chi connectivity index (χ3n) is 6.00. The van der Waals surface area contributed by atoms with Crippen molar-refractivity contribution in [3.63, 3.8) is 0 Å². The highest BCUT2D eigenvalue weighted by molar-refractivity contribution is 5.87. The van der Waals surface area contributed by atoms with E-state index in [0.29, 0.717) is 35.3 Å². The lowest BCUT2D eigenvalue weighted by Gasteiger charge is -2.16. The maximum atomic E-state index is 12.4. The van der Waals surface area contributed by atoms with Crippen LogP contribution in [0.1, 0.15) is 30.8 Å². The largest absolute Gasteiger partial charge is 0.373 e. The number of likely N-dealkylation sites (N-methyl/N-ethyl adjacent to an activating group) is 1. The molecule has 0 spiro atoms. The van der Waals surface area contributed by atoms with Crippen molar-refractivity contribution in [1.82, 2.24) is 34.8 Å². The Labute approximate surface area is 195 Å². The molecule has 1 saturated heterocycles. The summed E-state index contributed by atoms with van der Waals surface area (Å²) in [6, 6.07) is 10.7. The quantitative estimate of drug-likeness (QED) is 0.444.